The van der Waals surface area contributed by atoms with Crippen molar-refractivity contribution in [1.82, 2.24) is 0 Å². The Morgan fingerprint density at radius 2 is 2.21 bits per heavy atom. The molecule has 1 aliphatic carbocycles. The first kappa shape index (κ1) is 9.25. The van der Waals surface area contributed by atoms with Crippen LogP contribution in [0.25, 0.3) is 0 Å². The molecule has 74 valence electrons. The van der Waals surface area contributed by atoms with E-state index in [1.165, 1.54) is 17.5 Å². The third-order valence-electron chi connectivity index (χ3n) is 2.93. The largest absolute Gasteiger partial charge is 0.478 e. The van der Waals surface area contributed by atoms with Crippen molar-refractivity contribution in [3.8, 4) is 0 Å². The fourth-order valence-electron chi connectivity index (χ4n) is 2.07. The number of benzene rings is 1. The lowest BCUT2D eigenvalue weighted by Gasteiger charge is -2.21. The van der Waals surface area contributed by atoms with E-state index < -0.39 is 5.97 Å². The minimum absolute atomic E-state index is 0.415. The number of fused-ring (bicyclic) bond motifs is 1. The van der Waals surface area contributed by atoms with Crippen molar-refractivity contribution in [3.05, 3.63) is 34.9 Å². The first-order chi connectivity index (χ1) is 6.66. The molecular formula is C12H14O2. The monoisotopic (exact) mass is 190 g/mol. The van der Waals surface area contributed by atoms with E-state index in [1.807, 2.05) is 12.1 Å². The van der Waals surface area contributed by atoms with Crippen LogP contribution in [0.4, 0.5) is 0 Å². The summed E-state index contributed by atoms with van der Waals surface area (Å²) < 4.78 is 0. The van der Waals surface area contributed by atoms with Crippen molar-refractivity contribution in [2.24, 2.45) is 5.92 Å². The molecule has 14 heavy (non-hydrogen) atoms. The summed E-state index contributed by atoms with van der Waals surface area (Å²) in [6.07, 6.45) is 3.29. The summed E-state index contributed by atoms with van der Waals surface area (Å²) in [7, 11) is 0. The Bertz CT molecular complexity index is 369. The van der Waals surface area contributed by atoms with Crippen LogP contribution in [-0.2, 0) is 12.8 Å². The Balaban J connectivity index is 2.36. The lowest BCUT2D eigenvalue weighted by atomic mass is 9.84. The number of carboxylic acids is 1. The normalized spacial score (nSPS) is 20.2. The maximum atomic E-state index is 10.8. The molecule has 0 radical (unpaired) electrons. The summed E-state index contributed by atoms with van der Waals surface area (Å²) in [5, 5.41) is 8.84. The number of aromatic carboxylic acids is 1. The molecule has 2 heteroatoms. The number of aryl methyl sites for hydroxylation is 1. The molecular weight excluding hydrogens is 176 g/mol. The van der Waals surface area contributed by atoms with Gasteiger partial charge in [0, 0.05) is 0 Å². The molecule has 0 fully saturated rings. The van der Waals surface area contributed by atoms with Gasteiger partial charge in [-0.05, 0) is 48.4 Å². The minimum atomic E-state index is -0.827. The van der Waals surface area contributed by atoms with E-state index in [9.17, 15) is 4.79 Å². The van der Waals surface area contributed by atoms with Crippen LogP contribution < -0.4 is 0 Å². The molecule has 0 amide bonds. The molecule has 1 aliphatic rings. The van der Waals surface area contributed by atoms with Gasteiger partial charge in [0.2, 0.25) is 0 Å². The highest BCUT2D eigenvalue weighted by atomic mass is 16.4. The molecule has 2 nitrogen and oxygen atoms in total. The quantitative estimate of drug-likeness (QED) is 0.738. The molecule has 0 heterocycles. The molecule has 1 aromatic rings. The second kappa shape index (κ2) is 3.45. The molecule has 0 spiro atoms. The van der Waals surface area contributed by atoms with Crippen LogP contribution in [0.2, 0.25) is 0 Å². The summed E-state index contributed by atoms with van der Waals surface area (Å²) in [5.41, 5.74) is 2.97. The topological polar surface area (TPSA) is 37.3 Å². The van der Waals surface area contributed by atoms with Gasteiger partial charge in [0.25, 0.3) is 0 Å². The van der Waals surface area contributed by atoms with E-state index in [4.69, 9.17) is 5.11 Å². The first-order valence-corrected chi connectivity index (χ1v) is 5.02. The summed E-state index contributed by atoms with van der Waals surface area (Å²) >= 11 is 0. The lowest BCUT2D eigenvalue weighted by Crippen LogP contribution is -2.12. The second-order valence-electron chi connectivity index (χ2n) is 4.14. The zero-order valence-electron chi connectivity index (χ0n) is 8.29. The zero-order chi connectivity index (χ0) is 10.1. The van der Waals surface area contributed by atoms with Crippen LogP contribution >= 0.6 is 0 Å². The van der Waals surface area contributed by atoms with E-state index in [-0.39, 0.29) is 0 Å². The molecule has 0 aliphatic heterocycles. The number of hydrogen-bond donors (Lipinski definition) is 1. The number of rotatable bonds is 1. The molecule has 1 aromatic carbocycles. The first-order valence-electron chi connectivity index (χ1n) is 5.02. The van der Waals surface area contributed by atoms with Gasteiger partial charge >= 0.3 is 5.97 Å². The average Bonchev–Trinajstić information content (AvgIpc) is 2.16. The minimum Gasteiger partial charge on any atom is -0.478 e. The maximum Gasteiger partial charge on any atom is 0.335 e. The van der Waals surface area contributed by atoms with Gasteiger partial charge in [-0.3, -0.25) is 0 Å². The summed E-state index contributed by atoms with van der Waals surface area (Å²) in [5.74, 6) is -0.0930. The third kappa shape index (κ3) is 1.65. The van der Waals surface area contributed by atoms with Crippen molar-refractivity contribution >= 4 is 5.97 Å². The molecule has 0 saturated carbocycles. The number of carbonyl (C=O) groups is 1. The summed E-state index contributed by atoms with van der Waals surface area (Å²) in [4.78, 5) is 10.8. The molecule has 1 N–H and O–H groups in total. The Morgan fingerprint density at radius 3 is 2.93 bits per heavy atom. The van der Waals surface area contributed by atoms with Crippen LogP contribution in [0.15, 0.2) is 18.2 Å². The molecule has 1 atom stereocenters. The SMILES string of the molecule is CC1CCc2cc(C(=O)O)ccc2C1. The Kier molecular flexibility index (Phi) is 2.28. The van der Waals surface area contributed by atoms with Crippen LogP contribution in [0.3, 0.4) is 0 Å². The van der Waals surface area contributed by atoms with Crippen molar-refractivity contribution in [2.75, 3.05) is 0 Å². The molecule has 0 bridgehead atoms. The molecule has 0 saturated heterocycles. The van der Waals surface area contributed by atoms with Crippen LogP contribution in [0, 0.1) is 5.92 Å². The van der Waals surface area contributed by atoms with Crippen LogP contribution in [0.5, 0.6) is 0 Å². The number of carboxylic acid groups (broad SMARTS) is 1. The predicted octanol–water partition coefficient (Wildman–Crippen LogP) is 2.51. The fraction of sp³-hybridized carbons (Fsp3) is 0.417. The standard InChI is InChI=1S/C12H14O2/c1-8-2-3-10-7-11(12(13)14)5-4-9(10)6-8/h4-5,7-8H,2-3,6H2,1H3,(H,13,14). The van der Waals surface area contributed by atoms with Gasteiger partial charge < -0.3 is 5.11 Å². The van der Waals surface area contributed by atoms with E-state index in [0.717, 1.165) is 18.8 Å². The van der Waals surface area contributed by atoms with Crippen molar-refractivity contribution in [2.45, 2.75) is 26.2 Å². The lowest BCUT2D eigenvalue weighted by molar-refractivity contribution is 0.0696. The zero-order valence-corrected chi connectivity index (χ0v) is 8.29. The van der Waals surface area contributed by atoms with Gasteiger partial charge in [0.15, 0.2) is 0 Å². The van der Waals surface area contributed by atoms with Gasteiger partial charge in [0.1, 0.15) is 0 Å². The Hall–Kier alpha value is -1.31. The van der Waals surface area contributed by atoms with Gasteiger partial charge in [0.05, 0.1) is 5.56 Å². The average molecular weight is 190 g/mol. The van der Waals surface area contributed by atoms with E-state index in [2.05, 4.69) is 6.92 Å². The highest BCUT2D eigenvalue weighted by Gasteiger charge is 2.16. The van der Waals surface area contributed by atoms with Gasteiger partial charge in [-0.25, -0.2) is 4.79 Å². The van der Waals surface area contributed by atoms with Crippen molar-refractivity contribution < 1.29 is 9.90 Å². The van der Waals surface area contributed by atoms with Crippen LogP contribution in [0.1, 0.15) is 34.8 Å². The Morgan fingerprint density at radius 1 is 1.43 bits per heavy atom. The number of hydrogen-bond acceptors (Lipinski definition) is 1. The molecule has 2 rings (SSSR count). The van der Waals surface area contributed by atoms with Gasteiger partial charge in [-0.2, -0.15) is 0 Å². The van der Waals surface area contributed by atoms with Crippen molar-refractivity contribution in [3.63, 3.8) is 0 Å². The summed E-state index contributed by atoms with van der Waals surface area (Å²) in [6.45, 7) is 2.24. The van der Waals surface area contributed by atoms with E-state index in [0.29, 0.717) is 5.56 Å². The fourth-order valence-corrected chi connectivity index (χ4v) is 2.07. The van der Waals surface area contributed by atoms with E-state index in [1.54, 1.807) is 6.07 Å². The summed E-state index contributed by atoms with van der Waals surface area (Å²) in [6, 6.07) is 5.50. The van der Waals surface area contributed by atoms with Gasteiger partial charge in [-0.1, -0.05) is 13.0 Å². The maximum absolute atomic E-state index is 10.8. The molecule has 0 aromatic heterocycles. The second-order valence-corrected chi connectivity index (χ2v) is 4.14. The highest BCUT2D eigenvalue weighted by Crippen LogP contribution is 2.25. The van der Waals surface area contributed by atoms with Crippen LogP contribution in [-0.4, -0.2) is 11.1 Å². The van der Waals surface area contributed by atoms with Crippen molar-refractivity contribution in [1.29, 1.82) is 0 Å². The van der Waals surface area contributed by atoms with Gasteiger partial charge in [-0.15, -0.1) is 0 Å². The molecule has 1 unspecified atom stereocenters. The third-order valence-corrected chi connectivity index (χ3v) is 2.93. The Labute approximate surface area is 83.6 Å². The smallest absolute Gasteiger partial charge is 0.335 e. The van der Waals surface area contributed by atoms with E-state index >= 15 is 0 Å². The highest BCUT2D eigenvalue weighted by molar-refractivity contribution is 5.87. The predicted molar refractivity (Wildman–Crippen MR) is 54.6 cm³/mol.